The van der Waals surface area contributed by atoms with Gasteiger partial charge in [-0.25, -0.2) is 19.0 Å². The molecular weight excluding hydrogens is 399 g/mol. The minimum Gasteiger partial charge on any atom is -0.335 e. The molecule has 4 heterocycles. The van der Waals surface area contributed by atoms with Crippen LogP contribution in [0.4, 0.5) is 10.1 Å². The minimum absolute atomic E-state index is 0.233. The number of nitrogens with zero attached hydrogens (tertiary/aromatic N) is 5. The van der Waals surface area contributed by atoms with Crippen LogP contribution in [-0.2, 0) is 0 Å². The molecule has 1 N–H and O–H groups in total. The lowest BCUT2D eigenvalue weighted by atomic mass is 10.0. The third kappa shape index (κ3) is 3.52. The van der Waals surface area contributed by atoms with Gasteiger partial charge in [0.2, 0.25) is 0 Å². The maximum atomic E-state index is 13.3. The summed E-state index contributed by atoms with van der Waals surface area (Å²) < 4.78 is 20.2. The number of fused-ring (bicyclic) bond motifs is 1. The molecule has 1 amide bonds. The maximum absolute atomic E-state index is 13.3. The van der Waals surface area contributed by atoms with Gasteiger partial charge in [-0.05, 0) is 55.5 Å². The van der Waals surface area contributed by atoms with E-state index in [0.29, 0.717) is 39.4 Å². The molecule has 0 spiro atoms. The number of benzene rings is 1. The third-order valence-corrected chi connectivity index (χ3v) is 4.75. The molecule has 0 radical (unpaired) electrons. The largest absolute Gasteiger partial charge is 0.335 e. The summed E-state index contributed by atoms with van der Waals surface area (Å²) >= 11 is 0. The number of carbonyl (C=O) groups excluding carboxylic acids is 1. The standard InChI is InChI=1S/C22H15FN6O2/c1-13-20-17(11-18(27-22(20)31-28-13)14-3-5-15(23)6-4-14)21(30)26-16-7-8-19(24-12-16)29-10-2-9-25-29/h2-12H,1H3,(H,26,30). The summed E-state index contributed by atoms with van der Waals surface area (Å²) in [5.41, 5.74) is 2.77. The van der Waals surface area contributed by atoms with Crippen molar-refractivity contribution in [1.29, 1.82) is 0 Å². The van der Waals surface area contributed by atoms with E-state index in [2.05, 4.69) is 25.5 Å². The van der Waals surface area contributed by atoms with Gasteiger partial charge in [-0.2, -0.15) is 5.10 Å². The molecule has 5 rings (SSSR count). The predicted octanol–water partition coefficient (Wildman–Crippen LogP) is 4.17. The van der Waals surface area contributed by atoms with Crippen LogP contribution in [0.15, 0.2) is 71.6 Å². The highest BCUT2D eigenvalue weighted by Crippen LogP contribution is 2.28. The zero-order chi connectivity index (χ0) is 21.4. The van der Waals surface area contributed by atoms with Crippen LogP contribution in [0.1, 0.15) is 16.1 Å². The summed E-state index contributed by atoms with van der Waals surface area (Å²) in [7, 11) is 0. The van der Waals surface area contributed by atoms with Crippen LogP contribution >= 0.6 is 0 Å². The summed E-state index contributed by atoms with van der Waals surface area (Å²) in [6.07, 6.45) is 4.99. The molecule has 0 unspecified atom stereocenters. The summed E-state index contributed by atoms with van der Waals surface area (Å²) in [6.45, 7) is 1.74. The first-order chi connectivity index (χ1) is 15.1. The number of halogens is 1. The molecule has 0 bridgehead atoms. The molecule has 4 aromatic heterocycles. The molecule has 8 nitrogen and oxygen atoms in total. The number of pyridine rings is 2. The number of aryl methyl sites for hydroxylation is 1. The Morgan fingerprint density at radius 2 is 2.00 bits per heavy atom. The third-order valence-electron chi connectivity index (χ3n) is 4.75. The van der Waals surface area contributed by atoms with Gasteiger partial charge in [0.25, 0.3) is 11.6 Å². The highest BCUT2D eigenvalue weighted by Gasteiger charge is 2.19. The Hall–Kier alpha value is -4.40. The van der Waals surface area contributed by atoms with E-state index in [1.54, 1.807) is 66.6 Å². The number of hydrogen-bond donors (Lipinski definition) is 1. The second-order valence-electron chi connectivity index (χ2n) is 6.82. The second-order valence-corrected chi connectivity index (χ2v) is 6.82. The molecule has 1 aromatic carbocycles. The lowest BCUT2D eigenvalue weighted by molar-refractivity contribution is 0.102. The van der Waals surface area contributed by atoms with Gasteiger partial charge >= 0.3 is 0 Å². The zero-order valence-electron chi connectivity index (χ0n) is 16.3. The first-order valence-corrected chi connectivity index (χ1v) is 9.39. The van der Waals surface area contributed by atoms with Gasteiger partial charge in [0, 0.05) is 18.0 Å². The molecule has 9 heteroatoms. The fourth-order valence-corrected chi connectivity index (χ4v) is 3.24. The zero-order valence-corrected chi connectivity index (χ0v) is 16.3. The number of amides is 1. The minimum atomic E-state index is -0.365. The predicted molar refractivity (Wildman–Crippen MR) is 111 cm³/mol. The topological polar surface area (TPSA) is 98.7 Å². The number of aromatic nitrogens is 5. The molecular formula is C22H15FN6O2. The van der Waals surface area contributed by atoms with E-state index in [1.807, 2.05) is 0 Å². The lowest BCUT2D eigenvalue weighted by Gasteiger charge is -2.09. The number of rotatable bonds is 4. The van der Waals surface area contributed by atoms with E-state index in [-0.39, 0.29) is 17.4 Å². The Morgan fingerprint density at radius 3 is 2.71 bits per heavy atom. The highest BCUT2D eigenvalue weighted by atomic mass is 19.1. The average molecular weight is 414 g/mol. The second kappa shape index (κ2) is 7.45. The lowest BCUT2D eigenvalue weighted by Crippen LogP contribution is -2.13. The molecule has 0 aliphatic heterocycles. The van der Waals surface area contributed by atoms with Gasteiger partial charge in [0.15, 0.2) is 5.82 Å². The van der Waals surface area contributed by atoms with Crippen LogP contribution in [0.25, 0.3) is 28.2 Å². The smallest absolute Gasteiger partial charge is 0.259 e. The molecule has 0 saturated carbocycles. The number of carbonyl (C=O) groups is 1. The van der Waals surface area contributed by atoms with E-state index < -0.39 is 0 Å². The Bertz CT molecular complexity index is 1380. The fourth-order valence-electron chi connectivity index (χ4n) is 3.24. The quantitative estimate of drug-likeness (QED) is 0.474. The summed E-state index contributed by atoms with van der Waals surface area (Å²) in [6, 6.07) is 12.8. The van der Waals surface area contributed by atoms with Crippen LogP contribution in [0.2, 0.25) is 0 Å². The van der Waals surface area contributed by atoms with Crippen molar-refractivity contribution in [2.75, 3.05) is 5.32 Å². The van der Waals surface area contributed by atoms with Crippen molar-refractivity contribution in [3.8, 4) is 17.1 Å². The van der Waals surface area contributed by atoms with Gasteiger partial charge < -0.3 is 9.84 Å². The van der Waals surface area contributed by atoms with Crippen LogP contribution in [0.3, 0.4) is 0 Å². The number of nitrogens with one attached hydrogen (secondary N) is 1. The molecule has 0 atom stereocenters. The molecule has 0 fully saturated rings. The van der Waals surface area contributed by atoms with Crippen molar-refractivity contribution in [1.82, 2.24) is 24.9 Å². The Kier molecular flexibility index (Phi) is 4.47. The maximum Gasteiger partial charge on any atom is 0.259 e. The van der Waals surface area contributed by atoms with Crippen molar-refractivity contribution >= 4 is 22.7 Å². The van der Waals surface area contributed by atoms with Gasteiger partial charge in [0.1, 0.15) is 5.82 Å². The number of hydrogen-bond acceptors (Lipinski definition) is 6. The van der Waals surface area contributed by atoms with E-state index in [9.17, 15) is 9.18 Å². The van der Waals surface area contributed by atoms with Crippen LogP contribution in [-0.4, -0.2) is 30.8 Å². The van der Waals surface area contributed by atoms with Crippen LogP contribution in [0.5, 0.6) is 0 Å². The van der Waals surface area contributed by atoms with Crippen molar-refractivity contribution in [2.24, 2.45) is 0 Å². The van der Waals surface area contributed by atoms with Crippen molar-refractivity contribution in [3.63, 3.8) is 0 Å². The molecule has 31 heavy (non-hydrogen) atoms. The molecule has 5 aromatic rings. The van der Waals surface area contributed by atoms with Gasteiger partial charge in [-0.1, -0.05) is 5.16 Å². The van der Waals surface area contributed by atoms with E-state index in [1.165, 1.54) is 12.1 Å². The van der Waals surface area contributed by atoms with Crippen molar-refractivity contribution in [2.45, 2.75) is 6.92 Å². The number of anilines is 1. The monoisotopic (exact) mass is 414 g/mol. The molecule has 0 aliphatic rings. The van der Waals surface area contributed by atoms with Crippen molar-refractivity contribution < 1.29 is 13.7 Å². The average Bonchev–Trinajstić information content (AvgIpc) is 3.45. The van der Waals surface area contributed by atoms with Crippen LogP contribution < -0.4 is 5.32 Å². The first kappa shape index (κ1) is 18.6. The van der Waals surface area contributed by atoms with Gasteiger partial charge in [0.05, 0.1) is 34.2 Å². The summed E-state index contributed by atoms with van der Waals surface area (Å²) in [4.78, 5) is 21.9. The molecule has 152 valence electrons. The van der Waals surface area contributed by atoms with Crippen molar-refractivity contribution in [3.05, 3.63) is 84.2 Å². The Morgan fingerprint density at radius 1 is 1.16 bits per heavy atom. The van der Waals surface area contributed by atoms with E-state index in [4.69, 9.17) is 4.52 Å². The molecule has 0 aliphatic carbocycles. The van der Waals surface area contributed by atoms with E-state index in [0.717, 1.165) is 0 Å². The van der Waals surface area contributed by atoms with Gasteiger partial charge in [-0.3, -0.25) is 4.79 Å². The molecule has 0 saturated heterocycles. The first-order valence-electron chi connectivity index (χ1n) is 9.39. The van der Waals surface area contributed by atoms with Gasteiger partial charge in [-0.15, -0.1) is 0 Å². The van der Waals surface area contributed by atoms with E-state index >= 15 is 0 Å². The van der Waals surface area contributed by atoms with Crippen LogP contribution in [0, 0.1) is 12.7 Å². The Balaban J connectivity index is 1.50. The normalized spacial score (nSPS) is 11.0. The highest BCUT2D eigenvalue weighted by molar-refractivity contribution is 6.13. The fraction of sp³-hybridized carbons (Fsp3) is 0.0455. The Labute approximate surface area is 175 Å². The summed E-state index contributed by atoms with van der Waals surface area (Å²) in [5, 5.41) is 11.4. The summed E-state index contributed by atoms with van der Waals surface area (Å²) in [5.74, 6) is -0.0946. The SMILES string of the molecule is Cc1noc2nc(-c3ccc(F)cc3)cc(C(=O)Nc3ccc(-n4cccn4)nc3)c12.